The molecule has 3 heterocycles. The van der Waals surface area contributed by atoms with Gasteiger partial charge in [0.15, 0.2) is 4.80 Å². The molecule has 5 aromatic rings. The first-order chi connectivity index (χ1) is 21.1. The third-order valence-electron chi connectivity index (χ3n) is 6.91. The number of hydrogen-bond acceptors (Lipinski definition) is 8. The van der Waals surface area contributed by atoms with E-state index in [1.807, 2.05) is 90.3 Å². The SMILES string of the molecule is CCOC(=O)C1=C(c2ccccc2)N=c2s/c(=C\c3ccccc3OCc3ccccc3C#N)c(=O)n2[C@H]1c1cccs1. The summed E-state index contributed by atoms with van der Waals surface area (Å²) in [7, 11) is 0. The Bertz CT molecular complexity index is 2050. The van der Waals surface area contributed by atoms with Crippen molar-refractivity contribution < 1.29 is 14.3 Å². The lowest BCUT2D eigenvalue weighted by Gasteiger charge is -2.24. The molecule has 0 aliphatic carbocycles. The third-order valence-corrected chi connectivity index (χ3v) is 8.82. The van der Waals surface area contributed by atoms with E-state index in [1.54, 1.807) is 23.6 Å². The molecule has 7 nitrogen and oxygen atoms in total. The van der Waals surface area contributed by atoms with Gasteiger partial charge in [0.25, 0.3) is 5.56 Å². The van der Waals surface area contributed by atoms with Crippen molar-refractivity contribution in [3.05, 3.63) is 149 Å². The fourth-order valence-corrected chi connectivity index (χ4v) is 6.76. The molecular weight excluding hydrogens is 579 g/mol. The molecule has 0 radical (unpaired) electrons. The van der Waals surface area contributed by atoms with Crippen molar-refractivity contribution in [3.63, 3.8) is 0 Å². The first-order valence-corrected chi connectivity index (χ1v) is 15.3. The van der Waals surface area contributed by atoms with E-state index in [0.29, 0.717) is 37.5 Å². The van der Waals surface area contributed by atoms with Gasteiger partial charge in [-0.3, -0.25) is 9.36 Å². The van der Waals surface area contributed by atoms with Crippen LogP contribution in [0.1, 0.15) is 40.1 Å². The van der Waals surface area contributed by atoms with Crippen LogP contribution in [-0.4, -0.2) is 17.1 Å². The maximum absolute atomic E-state index is 14.1. The molecule has 3 aromatic carbocycles. The maximum atomic E-state index is 14.1. The van der Waals surface area contributed by atoms with Gasteiger partial charge in [0.05, 0.1) is 34.0 Å². The summed E-state index contributed by atoms with van der Waals surface area (Å²) in [5.74, 6) is 0.0715. The van der Waals surface area contributed by atoms with E-state index >= 15 is 0 Å². The van der Waals surface area contributed by atoms with E-state index in [2.05, 4.69) is 6.07 Å². The largest absolute Gasteiger partial charge is 0.488 e. The van der Waals surface area contributed by atoms with E-state index in [1.165, 1.54) is 22.7 Å². The second-order valence-corrected chi connectivity index (χ2v) is 11.5. The van der Waals surface area contributed by atoms with Gasteiger partial charge in [-0.15, -0.1) is 11.3 Å². The van der Waals surface area contributed by atoms with Crippen molar-refractivity contribution in [2.45, 2.75) is 19.6 Å². The number of aromatic nitrogens is 1. The molecule has 1 atom stereocenters. The van der Waals surface area contributed by atoms with Gasteiger partial charge in [-0.2, -0.15) is 5.26 Å². The number of para-hydroxylation sites is 1. The topological polar surface area (TPSA) is 93.7 Å². The highest BCUT2D eigenvalue weighted by Gasteiger charge is 2.35. The number of fused-ring (bicyclic) bond motifs is 1. The Morgan fingerprint density at radius 2 is 1.79 bits per heavy atom. The molecule has 0 spiro atoms. The fraction of sp³-hybridized carbons (Fsp3) is 0.118. The van der Waals surface area contributed by atoms with Crippen molar-refractivity contribution in [2.24, 2.45) is 4.99 Å². The number of esters is 1. The number of thiazole rings is 1. The van der Waals surface area contributed by atoms with Crippen LogP contribution in [0.25, 0.3) is 11.8 Å². The quantitative estimate of drug-likeness (QED) is 0.220. The van der Waals surface area contributed by atoms with Gasteiger partial charge in [-0.25, -0.2) is 9.79 Å². The summed E-state index contributed by atoms with van der Waals surface area (Å²) in [5, 5.41) is 11.4. The molecule has 0 N–H and O–H groups in total. The highest BCUT2D eigenvalue weighted by Crippen LogP contribution is 2.36. The number of ether oxygens (including phenoxy) is 2. The summed E-state index contributed by atoms with van der Waals surface area (Å²) in [5.41, 5.74) is 3.35. The number of rotatable bonds is 8. The summed E-state index contributed by atoms with van der Waals surface area (Å²) >= 11 is 2.73. The molecule has 1 aliphatic heterocycles. The number of hydrogen-bond donors (Lipinski definition) is 0. The van der Waals surface area contributed by atoms with Crippen molar-refractivity contribution in [1.82, 2.24) is 4.57 Å². The molecule has 0 bridgehead atoms. The summed E-state index contributed by atoms with van der Waals surface area (Å²) in [6.45, 7) is 2.16. The van der Waals surface area contributed by atoms with Gasteiger partial charge in [-0.1, -0.05) is 84.1 Å². The molecule has 6 rings (SSSR count). The van der Waals surface area contributed by atoms with Crippen molar-refractivity contribution in [1.29, 1.82) is 5.26 Å². The van der Waals surface area contributed by atoms with Crippen LogP contribution < -0.4 is 19.6 Å². The lowest BCUT2D eigenvalue weighted by atomic mass is 9.97. The Labute approximate surface area is 255 Å². The van der Waals surface area contributed by atoms with Crippen molar-refractivity contribution in [2.75, 3.05) is 6.61 Å². The third kappa shape index (κ3) is 5.58. The van der Waals surface area contributed by atoms with Gasteiger partial charge in [-0.05, 0) is 36.6 Å². The summed E-state index contributed by atoms with van der Waals surface area (Å²) in [4.78, 5) is 33.8. The summed E-state index contributed by atoms with van der Waals surface area (Å²) in [6, 6.07) is 29.5. The predicted octanol–water partition coefficient (Wildman–Crippen LogP) is 5.45. The van der Waals surface area contributed by atoms with Crippen LogP contribution >= 0.6 is 22.7 Å². The van der Waals surface area contributed by atoms with Gasteiger partial charge in [0, 0.05) is 21.6 Å². The predicted molar refractivity (Wildman–Crippen MR) is 167 cm³/mol. The number of benzene rings is 3. The zero-order valence-electron chi connectivity index (χ0n) is 23.1. The van der Waals surface area contributed by atoms with Crippen LogP contribution in [-0.2, 0) is 16.1 Å². The second-order valence-electron chi connectivity index (χ2n) is 9.54. The molecule has 0 saturated carbocycles. The zero-order valence-corrected chi connectivity index (χ0v) is 24.7. The highest BCUT2D eigenvalue weighted by molar-refractivity contribution is 7.10. The minimum atomic E-state index is -0.693. The summed E-state index contributed by atoms with van der Waals surface area (Å²) < 4.78 is 13.7. The minimum absolute atomic E-state index is 0.196. The van der Waals surface area contributed by atoms with E-state index < -0.39 is 12.0 Å². The Morgan fingerprint density at radius 1 is 1.02 bits per heavy atom. The van der Waals surface area contributed by atoms with Crippen LogP contribution in [0.15, 0.2) is 112 Å². The molecule has 1 aliphatic rings. The van der Waals surface area contributed by atoms with Gasteiger partial charge in [0.2, 0.25) is 0 Å². The van der Waals surface area contributed by atoms with Crippen LogP contribution in [0.4, 0.5) is 0 Å². The van der Waals surface area contributed by atoms with Crippen LogP contribution in [0.5, 0.6) is 5.75 Å². The Morgan fingerprint density at radius 3 is 2.56 bits per heavy atom. The second kappa shape index (κ2) is 12.4. The minimum Gasteiger partial charge on any atom is -0.488 e. The summed E-state index contributed by atoms with van der Waals surface area (Å²) in [6.07, 6.45) is 1.79. The molecule has 0 saturated heterocycles. The number of carbonyl (C=O) groups excluding carboxylic acids is 1. The lowest BCUT2D eigenvalue weighted by Crippen LogP contribution is -2.39. The molecule has 212 valence electrons. The van der Waals surface area contributed by atoms with Crippen LogP contribution in [0, 0.1) is 11.3 Å². The Kier molecular flexibility index (Phi) is 8.13. The zero-order chi connectivity index (χ0) is 29.8. The van der Waals surface area contributed by atoms with Gasteiger partial charge in [0.1, 0.15) is 18.4 Å². The van der Waals surface area contributed by atoms with Gasteiger partial charge < -0.3 is 9.47 Å². The molecule has 0 amide bonds. The Hall–Kier alpha value is -5.04. The molecule has 2 aromatic heterocycles. The van der Waals surface area contributed by atoms with Crippen LogP contribution in [0.3, 0.4) is 0 Å². The molecular formula is C34H25N3O4S2. The van der Waals surface area contributed by atoms with Crippen molar-refractivity contribution in [3.8, 4) is 11.8 Å². The average Bonchev–Trinajstić information content (AvgIpc) is 3.69. The monoisotopic (exact) mass is 603 g/mol. The van der Waals surface area contributed by atoms with Gasteiger partial charge >= 0.3 is 5.97 Å². The average molecular weight is 604 g/mol. The molecule has 9 heteroatoms. The highest BCUT2D eigenvalue weighted by atomic mass is 32.1. The van der Waals surface area contributed by atoms with E-state index in [-0.39, 0.29) is 18.8 Å². The first-order valence-electron chi connectivity index (χ1n) is 13.6. The van der Waals surface area contributed by atoms with E-state index in [0.717, 1.165) is 16.0 Å². The van der Waals surface area contributed by atoms with Crippen molar-refractivity contribution >= 4 is 40.4 Å². The fourth-order valence-electron chi connectivity index (χ4n) is 4.94. The van der Waals surface area contributed by atoms with Crippen LogP contribution in [0.2, 0.25) is 0 Å². The number of nitriles is 1. The molecule has 0 unspecified atom stereocenters. The molecule has 43 heavy (non-hydrogen) atoms. The number of nitrogens with zero attached hydrogens (tertiary/aromatic N) is 3. The standard InChI is InChI=1S/C34H25N3O4S2/c1-2-40-33(39)29-30(22-11-4-3-5-12-22)36-34-37(31(29)27-17-10-18-42-27)32(38)28(43-34)19-23-13-8-9-16-26(23)41-21-25-15-7-6-14-24(25)20-35/h3-19,31H,2,21H2,1H3/b28-19-/t31-/m0/s1. The van der Waals surface area contributed by atoms with E-state index in [9.17, 15) is 14.9 Å². The Balaban J connectivity index is 1.49. The number of carbonyl (C=O) groups is 1. The maximum Gasteiger partial charge on any atom is 0.338 e. The first kappa shape index (κ1) is 28.1. The molecule has 0 fully saturated rings. The lowest BCUT2D eigenvalue weighted by molar-refractivity contribution is -0.138. The van der Waals surface area contributed by atoms with E-state index in [4.69, 9.17) is 14.5 Å². The smallest absolute Gasteiger partial charge is 0.338 e. The normalized spacial score (nSPS) is 14.5. The number of thiophene rings is 1.